The molecule has 1 aromatic heterocycles. The number of aromatic nitrogens is 2. The minimum atomic E-state index is -1.11. The zero-order chi connectivity index (χ0) is 21.3. The number of halogens is 1. The number of fused-ring (bicyclic) bond motifs is 1. The quantitative estimate of drug-likeness (QED) is 0.516. The van der Waals surface area contributed by atoms with E-state index in [0.29, 0.717) is 11.5 Å². The second-order valence-corrected chi connectivity index (χ2v) is 7.78. The lowest BCUT2D eigenvalue weighted by Crippen LogP contribution is -2.25. The number of carbonyl (C=O) groups is 2. The van der Waals surface area contributed by atoms with Crippen LogP contribution in [0.2, 0.25) is 0 Å². The Morgan fingerprint density at radius 3 is 2.50 bits per heavy atom. The molecule has 152 valence electrons. The van der Waals surface area contributed by atoms with Gasteiger partial charge >= 0.3 is 5.97 Å². The van der Waals surface area contributed by atoms with Gasteiger partial charge in [-0.15, -0.1) is 0 Å². The van der Waals surface area contributed by atoms with Gasteiger partial charge in [0.1, 0.15) is 17.1 Å². The molecular formula is C22H19BrN4O3. The van der Waals surface area contributed by atoms with E-state index in [-0.39, 0.29) is 17.2 Å². The van der Waals surface area contributed by atoms with E-state index < -0.39 is 12.0 Å². The van der Waals surface area contributed by atoms with Gasteiger partial charge in [-0.25, -0.2) is 9.48 Å². The van der Waals surface area contributed by atoms with Gasteiger partial charge in [0.2, 0.25) is 0 Å². The van der Waals surface area contributed by atoms with E-state index in [1.807, 2.05) is 48.5 Å². The van der Waals surface area contributed by atoms with Crippen LogP contribution in [0.1, 0.15) is 34.5 Å². The zero-order valence-corrected chi connectivity index (χ0v) is 17.7. The number of aryl methyl sites for hydroxylation is 1. The third-order valence-corrected chi connectivity index (χ3v) is 5.47. The molecule has 1 unspecified atom stereocenters. The summed E-state index contributed by atoms with van der Waals surface area (Å²) in [5.41, 5.74) is 2.95. The third kappa shape index (κ3) is 3.86. The van der Waals surface area contributed by atoms with E-state index in [1.165, 1.54) is 11.8 Å². The highest BCUT2D eigenvalue weighted by molar-refractivity contribution is 9.10. The zero-order valence-electron chi connectivity index (χ0n) is 16.1. The number of hydrogen-bond donors (Lipinski definition) is 3. The summed E-state index contributed by atoms with van der Waals surface area (Å²) in [5.74, 6) is -1.13. The molecule has 0 saturated carbocycles. The number of benzene rings is 2. The summed E-state index contributed by atoms with van der Waals surface area (Å²) in [6.07, 6.45) is 3.94. The van der Waals surface area contributed by atoms with Crippen molar-refractivity contribution < 1.29 is 14.7 Å². The Morgan fingerprint density at radius 1 is 1.17 bits per heavy atom. The van der Waals surface area contributed by atoms with Crippen LogP contribution < -0.4 is 10.6 Å². The first-order valence-electron chi connectivity index (χ1n) is 9.41. The summed E-state index contributed by atoms with van der Waals surface area (Å²) in [7, 11) is 0. The van der Waals surface area contributed by atoms with Crippen molar-refractivity contribution in [2.75, 3.05) is 10.6 Å². The minimum absolute atomic E-state index is 0.00253. The molecule has 2 heterocycles. The summed E-state index contributed by atoms with van der Waals surface area (Å²) in [5, 5.41) is 19.6. The number of allylic oxidation sites excluding steroid dienone is 1. The molecule has 3 N–H and O–H groups in total. The van der Waals surface area contributed by atoms with Gasteiger partial charge in [-0.3, -0.25) is 4.79 Å². The largest absolute Gasteiger partial charge is 0.477 e. The average molecular weight is 467 g/mol. The predicted octanol–water partition coefficient (Wildman–Crippen LogP) is 4.44. The van der Waals surface area contributed by atoms with Crippen molar-refractivity contribution in [1.29, 1.82) is 0 Å². The lowest BCUT2D eigenvalue weighted by atomic mass is 10.0. The van der Waals surface area contributed by atoms with E-state index in [4.69, 9.17) is 0 Å². The van der Waals surface area contributed by atoms with E-state index in [9.17, 15) is 14.7 Å². The highest BCUT2D eigenvalue weighted by Crippen LogP contribution is 2.33. The first-order valence-corrected chi connectivity index (χ1v) is 10.2. The lowest BCUT2D eigenvalue weighted by Gasteiger charge is -2.24. The normalized spacial score (nSPS) is 15.0. The Balaban J connectivity index is 1.68. The van der Waals surface area contributed by atoms with Crippen LogP contribution in [0.25, 0.3) is 0 Å². The summed E-state index contributed by atoms with van der Waals surface area (Å²) in [6.45, 7) is 2.06. The van der Waals surface area contributed by atoms with E-state index >= 15 is 0 Å². The lowest BCUT2D eigenvalue weighted by molar-refractivity contribution is -0.132. The number of hydrogen-bond acceptors (Lipinski definition) is 4. The van der Waals surface area contributed by atoms with Crippen molar-refractivity contribution in [3.05, 3.63) is 87.7 Å². The second-order valence-electron chi connectivity index (χ2n) is 6.86. The molecule has 0 fully saturated rings. The molecule has 0 bridgehead atoms. The number of nitrogens with zero attached hydrogens (tertiary/aromatic N) is 2. The molecular weight excluding hydrogens is 448 g/mol. The van der Waals surface area contributed by atoms with Gasteiger partial charge in [-0.2, -0.15) is 5.10 Å². The number of anilines is 2. The van der Waals surface area contributed by atoms with E-state index in [0.717, 1.165) is 16.5 Å². The molecule has 0 saturated heterocycles. The number of nitrogens with one attached hydrogen (secondary N) is 2. The molecule has 3 aromatic rings. The van der Waals surface area contributed by atoms with Crippen LogP contribution in [0.4, 0.5) is 11.5 Å². The number of amides is 1. The summed E-state index contributed by atoms with van der Waals surface area (Å²) in [4.78, 5) is 24.6. The van der Waals surface area contributed by atoms with Crippen LogP contribution in [0.3, 0.4) is 0 Å². The van der Waals surface area contributed by atoms with Crippen LogP contribution in [0.15, 0.2) is 71.0 Å². The van der Waals surface area contributed by atoms with Crippen molar-refractivity contribution in [3.8, 4) is 0 Å². The highest BCUT2D eigenvalue weighted by atomic mass is 79.9. The van der Waals surface area contributed by atoms with Crippen LogP contribution in [0, 0.1) is 0 Å². The molecule has 7 nitrogen and oxygen atoms in total. The molecule has 0 spiro atoms. The Hall–Kier alpha value is -3.39. The Bertz CT molecular complexity index is 1130. The standard InChI is InChI=1S/C22H19BrN4O3/c1-2-13-3-9-16(10-4-13)25-21(28)17-12-24-27-19(14-5-7-15(23)8-6-14)11-18(22(29)30)26-20(17)27/h3-12,19,26H,2H2,1H3,(H,25,28)(H,29,30). The van der Waals surface area contributed by atoms with Gasteiger partial charge in [-0.1, -0.05) is 47.1 Å². The predicted molar refractivity (Wildman–Crippen MR) is 118 cm³/mol. The summed E-state index contributed by atoms with van der Waals surface area (Å²) >= 11 is 3.40. The smallest absolute Gasteiger partial charge is 0.352 e. The summed E-state index contributed by atoms with van der Waals surface area (Å²) < 4.78 is 2.53. The Kier molecular flexibility index (Phi) is 5.41. The van der Waals surface area contributed by atoms with Gasteiger partial charge in [0.15, 0.2) is 0 Å². The maximum absolute atomic E-state index is 12.9. The Labute approximate surface area is 181 Å². The Morgan fingerprint density at radius 2 is 1.87 bits per heavy atom. The van der Waals surface area contributed by atoms with E-state index in [2.05, 4.69) is 38.6 Å². The monoisotopic (exact) mass is 466 g/mol. The van der Waals surface area contributed by atoms with Gasteiger partial charge in [-0.05, 0) is 47.9 Å². The first kappa shape index (κ1) is 19.9. The van der Waals surface area contributed by atoms with Crippen molar-refractivity contribution in [3.63, 3.8) is 0 Å². The van der Waals surface area contributed by atoms with Gasteiger partial charge < -0.3 is 15.7 Å². The summed E-state index contributed by atoms with van der Waals surface area (Å²) in [6, 6.07) is 14.7. The maximum atomic E-state index is 12.9. The van der Waals surface area contributed by atoms with Crippen molar-refractivity contribution in [2.45, 2.75) is 19.4 Å². The van der Waals surface area contributed by atoms with Gasteiger partial charge in [0.25, 0.3) is 5.91 Å². The molecule has 1 atom stereocenters. The molecule has 0 aliphatic carbocycles. The molecule has 1 aliphatic heterocycles. The van der Waals surface area contributed by atoms with Crippen LogP contribution in [-0.2, 0) is 11.2 Å². The topological polar surface area (TPSA) is 96.3 Å². The van der Waals surface area contributed by atoms with Crippen LogP contribution >= 0.6 is 15.9 Å². The van der Waals surface area contributed by atoms with Crippen molar-refractivity contribution >= 4 is 39.3 Å². The molecule has 1 amide bonds. The highest BCUT2D eigenvalue weighted by Gasteiger charge is 2.29. The number of carboxylic acids is 1. The number of carboxylic acid groups (broad SMARTS) is 1. The molecule has 0 radical (unpaired) electrons. The third-order valence-electron chi connectivity index (χ3n) is 4.94. The first-order chi connectivity index (χ1) is 14.5. The fourth-order valence-electron chi connectivity index (χ4n) is 3.31. The molecule has 30 heavy (non-hydrogen) atoms. The second kappa shape index (κ2) is 8.16. The number of rotatable bonds is 5. The maximum Gasteiger partial charge on any atom is 0.352 e. The molecule has 8 heteroatoms. The SMILES string of the molecule is CCc1ccc(NC(=O)c2cnn3c2NC(C(=O)O)=CC3c2ccc(Br)cc2)cc1. The van der Waals surface area contributed by atoms with Crippen LogP contribution in [-0.4, -0.2) is 26.8 Å². The van der Waals surface area contributed by atoms with E-state index in [1.54, 1.807) is 10.8 Å². The average Bonchev–Trinajstić information content (AvgIpc) is 3.18. The van der Waals surface area contributed by atoms with Crippen LogP contribution in [0.5, 0.6) is 0 Å². The molecule has 2 aromatic carbocycles. The molecule has 1 aliphatic rings. The van der Waals surface area contributed by atoms with Gasteiger partial charge in [0, 0.05) is 10.2 Å². The fraction of sp³-hybridized carbons (Fsp3) is 0.136. The van der Waals surface area contributed by atoms with Crippen molar-refractivity contribution in [1.82, 2.24) is 9.78 Å². The fourth-order valence-corrected chi connectivity index (χ4v) is 3.57. The van der Waals surface area contributed by atoms with Crippen molar-refractivity contribution in [2.24, 2.45) is 0 Å². The molecule has 4 rings (SSSR count). The number of aliphatic carboxylic acids is 1. The number of carbonyl (C=O) groups excluding carboxylic acids is 1. The van der Waals surface area contributed by atoms with Gasteiger partial charge in [0.05, 0.1) is 12.2 Å². The minimum Gasteiger partial charge on any atom is -0.477 e.